The molecule has 0 saturated heterocycles. The molecule has 4 heteroatoms. The molecule has 0 aliphatic rings. The minimum atomic E-state index is 0.457. The predicted octanol–water partition coefficient (Wildman–Crippen LogP) is 2.40. The van der Waals surface area contributed by atoms with Crippen LogP contribution in [0, 0.1) is 11.3 Å². The molecule has 14 heavy (non-hydrogen) atoms. The average molecular weight is 204 g/mol. The van der Waals surface area contributed by atoms with Gasteiger partial charge in [0.25, 0.3) is 0 Å². The van der Waals surface area contributed by atoms with Crippen LogP contribution in [-0.4, -0.2) is 9.55 Å². The topological polar surface area (TPSA) is 41.6 Å². The van der Waals surface area contributed by atoms with Gasteiger partial charge in [0.05, 0.1) is 16.9 Å². The second kappa shape index (κ2) is 3.52. The van der Waals surface area contributed by atoms with Crippen molar-refractivity contribution in [1.82, 2.24) is 9.55 Å². The standard InChI is InChI=1S/C10H6ClN3/c11-10-5-9(2-1-8(10)6-12)14-4-3-13-7-14/h1-5,7H. The Labute approximate surface area is 86.2 Å². The van der Waals surface area contributed by atoms with E-state index in [1.165, 1.54) is 0 Å². The summed E-state index contributed by atoms with van der Waals surface area (Å²) in [6.45, 7) is 0. The van der Waals surface area contributed by atoms with E-state index in [-0.39, 0.29) is 0 Å². The van der Waals surface area contributed by atoms with Crippen LogP contribution < -0.4 is 0 Å². The fourth-order valence-electron chi connectivity index (χ4n) is 1.17. The lowest BCUT2D eigenvalue weighted by atomic mass is 10.2. The molecule has 1 heterocycles. The monoisotopic (exact) mass is 203 g/mol. The summed E-state index contributed by atoms with van der Waals surface area (Å²) in [4.78, 5) is 3.93. The third-order valence-corrected chi connectivity index (χ3v) is 2.19. The van der Waals surface area contributed by atoms with Crippen LogP contribution in [-0.2, 0) is 0 Å². The lowest BCUT2D eigenvalue weighted by molar-refractivity contribution is 1.06. The van der Waals surface area contributed by atoms with Gasteiger partial charge in [-0.2, -0.15) is 5.26 Å². The summed E-state index contributed by atoms with van der Waals surface area (Å²) >= 11 is 5.89. The number of hydrogen-bond donors (Lipinski definition) is 0. The molecule has 0 amide bonds. The van der Waals surface area contributed by atoms with E-state index < -0.39 is 0 Å². The molecule has 2 rings (SSSR count). The number of aromatic nitrogens is 2. The summed E-state index contributed by atoms with van der Waals surface area (Å²) in [5.41, 5.74) is 1.38. The smallest absolute Gasteiger partial charge is 0.101 e. The number of benzene rings is 1. The van der Waals surface area contributed by atoms with Crippen LogP contribution in [0.3, 0.4) is 0 Å². The normalized spacial score (nSPS) is 9.71. The minimum Gasteiger partial charge on any atom is -0.306 e. The lowest BCUT2D eigenvalue weighted by Gasteiger charge is -2.02. The van der Waals surface area contributed by atoms with E-state index in [1.807, 2.05) is 22.9 Å². The van der Waals surface area contributed by atoms with Gasteiger partial charge < -0.3 is 4.57 Å². The van der Waals surface area contributed by atoms with Crippen molar-refractivity contribution >= 4 is 11.6 Å². The average Bonchev–Trinajstić information content (AvgIpc) is 2.70. The Morgan fingerprint density at radius 2 is 2.29 bits per heavy atom. The predicted molar refractivity (Wildman–Crippen MR) is 53.3 cm³/mol. The van der Waals surface area contributed by atoms with Crippen LogP contribution in [0.5, 0.6) is 0 Å². The van der Waals surface area contributed by atoms with Crippen molar-refractivity contribution in [2.75, 3.05) is 0 Å². The third kappa shape index (κ3) is 1.48. The molecule has 0 N–H and O–H groups in total. The highest BCUT2D eigenvalue weighted by molar-refractivity contribution is 6.31. The maximum Gasteiger partial charge on any atom is 0.101 e. The van der Waals surface area contributed by atoms with E-state index in [2.05, 4.69) is 4.98 Å². The maximum atomic E-state index is 8.69. The Bertz CT molecular complexity index is 483. The second-order valence-corrected chi connectivity index (χ2v) is 3.15. The number of nitrogens with zero attached hydrogens (tertiary/aromatic N) is 3. The zero-order chi connectivity index (χ0) is 9.97. The molecule has 0 unspecified atom stereocenters. The lowest BCUT2D eigenvalue weighted by Crippen LogP contribution is -1.90. The van der Waals surface area contributed by atoms with Gasteiger partial charge in [0, 0.05) is 18.1 Å². The zero-order valence-corrected chi connectivity index (χ0v) is 7.94. The van der Waals surface area contributed by atoms with E-state index in [9.17, 15) is 0 Å². The molecular formula is C10H6ClN3. The van der Waals surface area contributed by atoms with Gasteiger partial charge in [0.1, 0.15) is 6.07 Å². The summed E-state index contributed by atoms with van der Waals surface area (Å²) in [7, 11) is 0. The van der Waals surface area contributed by atoms with Crippen molar-refractivity contribution in [3.8, 4) is 11.8 Å². The number of halogens is 1. The fourth-order valence-corrected chi connectivity index (χ4v) is 1.38. The molecule has 0 saturated carbocycles. The summed E-state index contributed by atoms with van der Waals surface area (Å²) in [6, 6.07) is 7.27. The highest BCUT2D eigenvalue weighted by atomic mass is 35.5. The van der Waals surface area contributed by atoms with Gasteiger partial charge in [-0.25, -0.2) is 4.98 Å². The van der Waals surface area contributed by atoms with Crippen molar-refractivity contribution in [1.29, 1.82) is 5.26 Å². The van der Waals surface area contributed by atoms with Gasteiger partial charge >= 0.3 is 0 Å². The Hall–Kier alpha value is -1.79. The van der Waals surface area contributed by atoms with Crippen LogP contribution in [0.1, 0.15) is 5.56 Å². The first-order valence-electron chi connectivity index (χ1n) is 3.99. The molecule has 0 aliphatic carbocycles. The number of imidazole rings is 1. The van der Waals surface area contributed by atoms with Crippen molar-refractivity contribution in [3.05, 3.63) is 47.5 Å². The van der Waals surface area contributed by atoms with Gasteiger partial charge in [-0.1, -0.05) is 11.6 Å². The summed E-state index contributed by atoms with van der Waals surface area (Å²) in [6.07, 6.45) is 5.18. The van der Waals surface area contributed by atoms with Gasteiger partial charge in [-0.3, -0.25) is 0 Å². The molecule has 0 atom stereocenters. The summed E-state index contributed by atoms with van der Waals surface area (Å²) in [5, 5.41) is 9.14. The quantitative estimate of drug-likeness (QED) is 0.714. The number of nitriles is 1. The van der Waals surface area contributed by atoms with Crippen molar-refractivity contribution in [3.63, 3.8) is 0 Å². The third-order valence-electron chi connectivity index (χ3n) is 1.88. The highest BCUT2D eigenvalue weighted by Gasteiger charge is 2.01. The van der Waals surface area contributed by atoms with Gasteiger partial charge in [0.15, 0.2) is 0 Å². The molecule has 0 radical (unpaired) electrons. The SMILES string of the molecule is N#Cc1ccc(-n2ccnc2)cc1Cl. The van der Waals surface area contributed by atoms with Gasteiger partial charge in [-0.05, 0) is 18.2 Å². The molecule has 1 aromatic heterocycles. The maximum absolute atomic E-state index is 8.69. The summed E-state index contributed by atoms with van der Waals surface area (Å²) < 4.78 is 1.83. The van der Waals surface area contributed by atoms with Crippen LogP contribution >= 0.6 is 11.6 Å². The van der Waals surface area contributed by atoms with E-state index in [4.69, 9.17) is 16.9 Å². The largest absolute Gasteiger partial charge is 0.306 e. The first-order valence-corrected chi connectivity index (χ1v) is 4.37. The Morgan fingerprint density at radius 1 is 1.43 bits per heavy atom. The first kappa shape index (κ1) is 8.79. The number of rotatable bonds is 1. The Morgan fingerprint density at radius 3 is 2.86 bits per heavy atom. The van der Waals surface area contributed by atoms with Crippen LogP contribution in [0.15, 0.2) is 36.9 Å². The molecule has 1 aromatic carbocycles. The van der Waals surface area contributed by atoms with Crippen molar-refractivity contribution < 1.29 is 0 Å². The summed E-state index contributed by atoms with van der Waals surface area (Å²) in [5.74, 6) is 0. The Kier molecular flexibility index (Phi) is 2.21. The molecular weight excluding hydrogens is 198 g/mol. The Balaban J connectivity index is 2.49. The van der Waals surface area contributed by atoms with Crippen LogP contribution in [0.2, 0.25) is 5.02 Å². The van der Waals surface area contributed by atoms with Gasteiger partial charge in [0.2, 0.25) is 0 Å². The molecule has 0 spiro atoms. The molecule has 68 valence electrons. The molecule has 0 aliphatic heterocycles. The first-order chi connectivity index (χ1) is 6.81. The fraction of sp³-hybridized carbons (Fsp3) is 0. The second-order valence-electron chi connectivity index (χ2n) is 2.75. The number of hydrogen-bond acceptors (Lipinski definition) is 2. The van der Waals surface area contributed by atoms with E-state index in [1.54, 1.807) is 24.7 Å². The van der Waals surface area contributed by atoms with Crippen LogP contribution in [0.25, 0.3) is 5.69 Å². The molecule has 2 aromatic rings. The van der Waals surface area contributed by atoms with Crippen LogP contribution in [0.4, 0.5) is 0 Å². The molecule has 0 bridgehead atoms. The van der Waals surface area contributed by atoms with Crippen molar-refractivity contribution in [2.45, 2.75) is 0 Å². The van der Waals surface area contributed by atoms with Gasteiger partial charge in [-0.15, -0.1) is 0 Å². The zero-order valence-electron chi connectivity index (χ0n) is 7.18. The van der Waals surface area contributed by atoms with E-state index in [0.717, 1.165) is 5.69 Å². The molecule has 0 fully saturated rings. The van der Waals surface area contributed by atoms with Crippen molar-refractivity contribution in [2.24, 2.45) is 0 Å². The van der Waals surface area contributed by atoms with E-state index >= 15 is 0 Å². The minimum absolute atomic E-state index is 0.457. The highest BCUT2D eigenvalue weighted by Crippen LogP contribution is 2.19. The van der Waals surface area contributed by atoms with E-state index in [0.29, 0.717) is 10.6 Å². The molecule has 3 nitrogen and oxygen atoms in total.